The number of hydrogen-bond donors (Lipinski definition) is 1. The van der Waals surface area contributed by atoms with E-state index in [1.54, 1.807) is 0 Å². The molecule has 0 radical (unpaired) electrons. The predicted molar refractivity (Wildman–Crippen MR) is 179 cm³/mol. The van der Waals surface area contributed by atoms with Crippen LogP contribution in [0.4, 0.5) is 5.69 Å². The van der Waals surface area contributed by atoms with Gasteiger partial charge in [-0.15, -0.1) is 11.3 Å². The molecular weight excluding hydrogens is 531 g/mol. The van der Waals surface area contributed by atoms with Crippen molar-refractivity contribution in [1.82, 2.24) is 4.57 Å². The maximum Gasteiger partial charge on any atom is 0.145 e. The molecule has 3 heterocycles. The first-order valence-corrected chi connectivity index (χ1v) is 15.1. The number of nitrogens with one attached hydrogen (secondary N) is 1. The van der Waals surface area contributed by atoms with E-state index in [-0.39, 0.29) is 6.17 Å². The fourth-order valence-electron chi connectivity index (χ4n) is 6.48. The van der Waals surface area contributed by atoms with Gasteiger partial charge in [-0.3, -0.25) is 4.99 Å². The molecule has 0 saturated carbocycles. The Morgan fingerprint density at radius 3 is 2.19 bits per heavy atom. The fraction of sp³-hybridized carbons (Fsp3) is 0.0263. The highest BCUT2D eigenvalue weighted by atomic mass is 32.1. The highest BCUT2D eigenvalue weighted by Crippen LogP contribution is 2.43. The first kappa shape index (κ1) is 23.5. The zero-order valence-electron chi connectivity index (χ0n) is 22.7. The summed E-state index contributed by atoms with van der Waals surface area (Å²) in [4.78, 5) is 5.22. The van der Waals surface area contributed by atoms with Gasteiger partial charge in [0.1, 0.15) is 6.17 Å². The second-order valence-electron chi connectivity index (χ2n) is 10.8. The zero-order valence-corrected chi connectivity index (χ0v) is 23.5. The monoisotopic (exact) mass is 555 g/mol. The molecule has 4 heteroatoms. The van der Waals surface area contributed by atoms with Crippen LogP contribution in [-0.4, -0.2) is 10.3 Å². The quantitative estimate of drug-likeness (QED) is 0.231. The van der Waals surface area contributed by atoms with Crippen LogP contribution in [0, 0.1) is 0 Å². The van der Waals surface area contributed by atoms with Crippen molar-refractivity contribution in [2.75, 3.05) is 5.32 Å². The molecule has 8 aromatic rings. The van der Waals surface area contributed by atoms with Gasteiger partial charge in [0.2, 0.25) is 0 Å². The van der Waals surface area contributed by atoms with E-state index in [0.717, 1.165) is 33.8 Å². The average molecular weight is 556 g/mol. The van der Waals surface area contributed by atoms with E-state index in [4.69, 9.17) is 4.99 Å². The third kappa shape index (κ3) is 3.49. The van der Waals surface area contributed by atoms with Gasteiger partial charge in [0.15, 0.2) is 0 Å². The highest BCUT2D eigenvalue weighted by Gasteiger charge is 2.23. The second kappa shape index (κ2) is 9.16. The minimum atomic E-state index is -0.170. The zero-order chi connectivity index (χ0) is 27.6. The molecule has 0 spiro atoms. The Bertz CT molecular complexity index is 2320. The van der Waals surface area contributed by atoms with Crippen LogP contribution in [0.1, 0.15) is 22.9 Å². The Balaban J connectivity index is 1.21. The Labute approximate surface area is 247 Å². The number of anilines is 1. The van der Waals surface area contributed by atoms with Gasteiger partial charge in [-0.25, -0.2) is 0 Å². The summed E-state index contributed by atoms with van der Waals surface area (Å²) in [5, 5.41) is 8.88. The van der Waals surface area contributed by atoms with Gasteiger partial charge in [0, 0.05) is 48.7 Å². The molecule has 0 saturated heterocycles. The number of aliphatic imine (C=N–C) groups is 1. The Kier molecular flexibility index (Phi) is 5.13. The molecule has 1 aliphatic heterocycles. The van der Waals surface area contributed by atoms with Crippen LogP contribution in [0.15, 0.2) is 145 Å². The summed E-state index contributed by atoms with van der Waals surface area (Å²) >= 11 is 1.88. The van der Waals surface area contributed by atoms with Crippen molar-refractivity contribution < 1.29 is 0 Å². The van der Waals surface area contributed by atoms with E-state index in [9.17, 15) is 0 Å². The minimum absolute atomic E-state index is 0.170. The standard InChI is InChI=1S/C38H25N3S/c1-2-10-24(11-3-1)35-31-14-4-7-15-32(31)39-38(40-35)25-18-20-26(21-19-25)41-33-16-8-5-12-27(33)29-22-23-30-28-13-6-9-17-34(28)42-37(30)36(29)41/h1-23,38-39H. The Morgan fingerprint density at radius 1 is 0.595 bits per heavy atom. The van der Waals surface area contributed by atoms with Crippen LogP contribution < -0.4 is 5.32 Å². The molecule has 6 aromatic carbocycles. The largest absolute Gasteiger partial charge is 0.360 e. The second-order valence-corrected chi connectivity index (χ2v) is 11.9. The van der Waals surface area contributed by atoms with Crippen molar-refractivity contribution in [2.24, 2.45) is 4.99 Å². The molecule has 1 aliphatic rings. The smallest absolute Gasteiger partial charge is 0.145 e. The normalized spacial score (nSPS) is 14.8. The van der Waals surface area contributed by atoms with Crippen molar-refractivity contribution in [3.63, 3.8) is 0 Å². The third-order valence-corrected chi connectivity index (χ3v) is 9.62. The van der Waals surface area contributed by atoms with Gasteiger partial charge in [-0.2, -0.15) is 0 Å². The van der Waals surface area contributed by atoms with E-state index in [0.29, 0.717) is 0 Å². The predicted octanol–water partition coefficient (Wildman–Crippen LogP) is 10.1. The number of rotatable bonds is 3. The molecule has 2 aromatic heterocycles. The van der Waals surface area contributed by atoms with Crippen molar-refractivity contribution >= 4 is 64.7 Å². The topological polar surface area (TPSA) is 29.3 Å². The summed E-state index contributed by atoms with van der Waals surface area (Å²) in [6, 6.07) is 49.9. The number of hydrogen-bond acceptors (Lipinski definition) is 3. The van der Waals surface area contributed by atoms with Crippen LogP contribution in [0.3, 0.4) is 0 Å². The highest BCUT2D eigenvalue weighted by molar-refractivity contribution is 7.26. The van der Waals surface area contributed by atoms with Crippen molar-refractivity contribution in [3.05, 3.63) is 156 Å². The molecule has 0 bridgehead atoms. The van der Waals surface area contributed by atoms with Crippen LogP contribution in [0.5, 0.6) is 0 Å². The van der Waals surface area contributed by atoms with Crippen LogP contribution >= 0.6 is 11.3 Å². The third-order valence-electron chi connectivity index (χ3n) is 8.43. The number of fused-ring (bicyclic) bond motifs is 8. The first-order chi connectivity index (χ1) is 20.8. The summed E-state index contributed by atoms with van der Waals surface area (Å²) < 4.78 is 5.09. The molecule has 3 nitrogen and oxygen atoms in total. The van der Waals surface area contributed by atoms with E-state index in [1.807, 2.05) is 11.3 Å². The molecule has 0 aliphatic carbocycles. The minimum Gasteiger partial charge on any atom is -0.360 e. The average Bonchev–Trinajstić information content (AvgIpc) is 3.61. The molecule has 198 valence electrons. The molecule has 0 fully saturated rings. The summed E-state index contributed by atoms with van der Waals surface area (Å²) in [7, 11) is 0. The number of aromatic nitrogens is 1. The Morgan fingerprint density at radius 2 is 1.31 bits per heavy atom. The molecule has 1 unspecified atom stereocenters. The van der Waals surface area contributed by atoms with Gasteiger partial charge in [-0.1, -0.05) is 109 Å². The number of para-hydroxylation sites is 2. The number of nitrogens with zero attached hydrogens (tertiary/aromatic N) is 2. The molecule has 9 rings (SSSR count). The number of benzene rings is 6. The molecule has 0 amide bonds. The molecule has 1 atom stereocenters. The van der Waals surface area contributed by atoms with E-state index in [2.05, 4.69) is 149 Å². The summed E-state index contributed by atoms with van der Waals surface area (Å²) in [5.41, 5.74) is 9.17. The maximum absolute atomic E-state index is 5.22. The van der Waals surface area contributed by atoms with Gasteiger partial charge in [0.25, 0.3) is 0 Å². The van der Waals surface area contributed by atoms with Gasteiger partial charge in [0.05, 0.1) is 21.4 Å². The summed E-state index contributed by atoms with van der Waals surface area (Å²) in [6.07, 6.45) is -0.170. The van der Waals surface area contributed by atoms with Crippen molar-refractivity contribution in [1.29, 1.82) is 0 Å². The van der Waals surface area contributed by atoms with Crippen molar-refractivity contribution in [2.45, 2.75) is 6.17 Å². The van der Waals surface area contributed by atoms with Crippen LogP contribution in [0.25, 0.3) is 47.7 Å². The lowest BCUT2D eigenvalue weighted by Gasteiger charge is -2.26. The van der Waals surface area contributed by atoms with Crippen LogP contribution in [0.2, 0.25) is 0 Å². The first-order valence-electron chi connectivity index (χ1n) is 14.3. The fourth-order valence-corrected chi connectivity index (χ4v) is 7.72. The Hall–Kier alpha value is -5.19. The lowest BCUT2D eigenvalue weighted by molar-refractivity contribution is 0.827. The summed E-state index contributed by atoms with van der Waals surface area (Å²) in [6.45, 7) is 0. The van der Waals surface area contributed by atoms with Gasteiger partial charge < -0.3 is 9.88 Å². The molecule has 1 N–H and O–H groups in total. The van der Waals surface area contributed by atoms with E-state index >= 15 is 0 Å². The van der Waals surface area contributed by atoms with Gasteiger partial charge in [-0.05, 0) is 35.9 Å². The van der Waals surface area contributed by atoms with Crippen molar-refractivity contribution in [3.8, 4) is 5.69 Å². The number of thiophene rings is 1. The van der Waals surface area contributed by atoms with E-state index in [1.165, 1.54) is 42.0 Å². The SMILES string of the molecule is c1ccc(C2=NC(c3ccc(-n4c5ccccc5c5ccc6c7ccccc7sc6c54)cc3)Nc3ccccc32)cc1. The van der Waals surface area contributed by atoms with E-state index < -0.39 is 0 Å². The lowest BCUT2D eigenvalue weighted by Crippen LogP contribution is -2.20. The van der Waals surface area contributed by atoms with Crippen LogP contribution in [-0.2, 0) is 0 Å². The molecular formula is C38H25N3S. The lowest BCUT2D eigenvalue weighted by atomic mass is 9.97. The molecule has 42 heavy (non-hydrogen) atoms. The summed E-state index contributed by atoms with van der Waals surface area (Å²) in [5.74, 6) is 0. The van der Waals surface area contributed by atoms with Gasteiger partial charge >= 0.3 is 0 Å². The maximum atomic E-state index is 5.22.